The highest BCUT2D eigenvalue weighted by Crippen LogP contribution is 2.24. The molecule has 0 aliphatic carbocycles. The largest absolute Gasteiger partial charge is 0.375 e. The van der Waals surface area contributed by atoms with Crippen molar-refractivity contribution in [2.75, 3.05) is 24.6 Å². The summed E-state index contributed by atoms with van der Waals surface area (Å²) in [5.41, 5.74) is 1.33. The molecule has 21 heavy (non-hydrogen) atoms. The third-order valence-corrected chi connectivity index (χ3v) is 4.05. The fourth-order valence-electron chi connectivity index (χ4n) is 2.41. The molecule has 1 aromatic heterocycles. The lowest BCUT2D eigenvalue weighted by Crippen LogP contribution is -2.43. The Morgan fingerprint density at radius 1 is 1.48 bits per heavy atom. The van der Waals surface area contributed by atoms with Crippen LogP contribution in [0, 0.1) is 0 Å². The van der Waals surface area contributed by atoms with Gasteiger partial charge < -0.3 is 15.0 Å². The molecule has 1 aromatic rings. The summed E-state index contributed by atoms with van der Waals surface area (Å²) in [4.78, 5) is 7.01. The second-order valence-electron chi connectivity index (χ2n) is 6.59. The highest BCUT2D eigenvalue weighted by atomic mass is 79.9. The highest BCUT2D eigenvalue weighted by Gasteiger charge is 2.22. The van der Waals surface area contributed by atoms with Crippen LogP contribution in [0.2, 0.25) is 0 Å². The number of aromatic nitrogens is 1. The van der Waals surface area contributed by atoms with Gasteiger partial charge in [-0.1, -0.05) is 6.92 Å². The molecule has 4 nitrogen and oxygen atoms in total. The van der Waals surface area contributed by atoms with Crippen molar-refractivity contribution in [3.8, 4) is 0 Å². The van der Waals surface area contributed by atoms with Gasteiger partial charge >= 0.3 is 0 Å². The van der Waals surface area contributed by atoms with Gasteiger partial charge in [-0.2, -0.15) is 0 Å². The van der Waals surface area contributed by atoms with Gasteiger partial charge in [-0.15, -0.1) is 0 Å². The summed E-state index contributed by atoms with van der Waals surface area (Å²) < 4.78 is 6.79. The normalized spacial score (nSPS) is 19.9. The Bertz CT molecular complexity index is 473. The minimum atomic E-state index is 0.0938. The van der Waals surface area contributed by atoms with E-state index in [4.69, 9.17) is 4.74 Å². The average molecular weight is 356 g/mol. The molecule has 1 N–H and O–H groups in total. The number of rotatable bonds is 4. The van der Waals surface area contributed by atoms with Gasteiger partial charge in [-0.05, 0) is 49.2 Å². The summed E-state index contributed by atoms with van der Waals surface area (Å²) in [5, 5.41) is 3.55. The van der Waals surface area contributed by atoms with Crippen molar-refractivity contribution in [3.05, 3.63) is 22.3 Å². The zero-order valence-electron chi connectivity index (χ0n) is 13.4. The van der Waals surface area contributed by atoms with Crippen LogP contribution in [0.4, 0.5) is 5.82 Å². The molecular formula is C16H26BrN3O. The van der Waals surface area contributed by atoms with Gasteiger partial charge in [0.05, 0.1) is 12.7 Å². The molecule has 0 spiro atoms. The van der Waals surface area contributed by atoms with Crippen molar-refractivity contribution in [3.63, 3.8) is 0 Å². The minimum Gasteiger partial charge on any atom is -0.375 e. The lowest BCUT2D eigenvalue weighted by molar-refractivity contribution is 0.0381. The number of nitrogens with one attached hydrogen (secondary N) is 1. The molecule has 1 atom stereocenters. The molecule has 0 aromatic carbocycles. The fourth-order valence-corrected chi connectivity index (χ4v) is 2.79. The molecule has 1 aliphatic heterocycles. The van der Waals surface area contributed by atoms with Gasteiger partial charge in [0.25, 0.3) is 0 Å². The number of hydrogen-bond acceptors (Lipinski definition) is 4. The first-order valence-electron chi connectivity index (χ1n) is 7.65. The first-order chi connectivity index (χ1) is 9.89. The van der Waals surface area contributed by atoms with Crippen molar-refractivity contribution in [1.82, 2.24) is 10.3 Å². The minimum absolute atomic E-state index is 0.0938. The third kappa shape index (κ3) is 4.94. The number of pyridine rings is 1. The number of ether oxygens (including phenoxy) is 1. The number of hydrogen-bond donors (Lipinski definition) is 1. The summed E-state index contributed by atoms with van der Waals surface area (Å²) >= 11 is 3.53. The maximum absolute atomic E-state index is 5.76. The summed E-state index contributed by atoms with van der Waals surface area (Å²) in [6.45, 7) is 12.1. The molecule has 0 bridgehead atoms. The molecule has 0 saturated carbocycles. The zero-order valence-corrected chi connectivity index (χ0v) is 15.0. The Labute approximate surface area is 136 Å². The van der Waals surface area contributed by atoms with E-state index in [1.54, 1.807) is 0 Å². The number of anilines is 1. The Morgan fingerprint density at radius 3 is 2.90 bits per heavy atom. The number of morpholine rings is 1. The molecule has 1 saturated heterocycles. The first-order valence-corrected chi connectivity index (χ1v) is 8.44. The molecule has 5 heteroatoms. The van der Waals surface area contributed by atoms with Gasteiger partial charge in [-0.25, -0.2) is 4.98 Å². The summed E-state index contributed by atoms with van der Waals surface area (Å²) in [5.74, 6) is 1.08. The standard InChI is InChI=1S/C16H26BrN3O/c1-5-14-11-20(6-7-21-14)15-12(8-13(17)10-18-15)9-19-16(2,3)4/h8,10,14,19H,5-7,9,11H2,1-4H3. The molecule has 1 aliphatic rings. The maximum Gasteiger partial charge on any atom is 0.133 e. The topological polar surface area (TPSA) is 37.4 Å². The highest BCUT2D eigenvalue weighted by molar-refractivity contribution is 9.10. The first kappa shape index (κ1) is 16.7. The Kier molecular flexibility index (Phi) is 5.63. The van der Waals surface area contributed by atoms with Gasteiger partial charge in [0.1, 0.15) is 5.82 Å². The van der Waals surface area contributed by atoms with Crippen molar-refractivity contribution >= 4 is 21.7 Å². The fraction of sp³-hybridized carbons (Fsp3) is 0.688. The molecule has 1 unspecified atom stereocenters. The van der Waals surface area contributed by atoms with E-state index in [0.29, 0.717) is 6.10 Å². The van der Waals surface area contributed by atoms with Crippen LogP contribution in [0.15, 0.2) is 16.7 Å². The van der Waals surface area contributed by atoms with Crippen molar-refractivity contribution in [2.45, 2.75) is 52.3 Å². The van der Waals surface area contributed by atoms with Crippen LogP contribution in [-0.2, 0) is 11.3 Å². The van der Waals surface area contributed by atoms with Gasteiger partial charge in [0, 0.05) is 41.4 Å². The van der Waals surface area contributed by atoms with Crippen molar-refractivity contribution in [1.29, 1.82) is 0 Å². The van der Waals surface area contributed by atoms with E-state index in [0.717, 1.165) is 43.0 Å². The predicted octanol–water partition coefficient (Wildman–Crippen LogP) is 3.35. The van der Waals surface area contributed by atoms with E-state index in [9.17, 15) is 0 Å². The van der Waals surface area contributed by atoms with E-state index < -0.39 is 0 Å². The molecule has 1 fully saturated rings. The average Bonchev–Trinajstić information content (AvgIpc) is 2.44. The third-order valence-electron chi connectivity index (χ3n) is 3.61. The van der Waals surface area contributed by atoms with Gasteiger partial charge in [0.2, 0.25) is 0 Å². The second-order valence-corrected chi connectivity index (χ2v) is 7.50. The van der Waals surface area contributed by atoms with E-state index in [1.807, 2.05) is 6.20 Å². The molecule has 0 amide bonds. The van der Waals surface area contributed by atoms with E-state index in [1.165, 1.54) is 5.56 Å². The van der Waals surface area contributed by atoms with E-state index in [2.05, 4.69) is 64.9 Å². The molecule has 2 rings (SSSR count). The quantitative estimate of drug-likeness (QED) is 0.898. The maximum atomic E-state index is 5.76. The van der Waals surface area contributed by atoms with Crippen molar-refractivity contribution in [2.24, 2.45) is 0 Å². The van der Waals surface area contributed by atoms with Crippen LogP contribution in [0.3, 0.4) is 0 Å². The van der Waals surface area contributed by atoms with E-state index >= 15 is 0 Å². The van der Waals surface area contributed by atoms with Crippen LogP contribution in [0.25, 0.3) is 0 Å². The number of nitrogens with zero attached hydrogens (tertiary/aromatic N) is 2. The second kappa shape index (κ2) is 7.07. The Balaban J connectivity index is 2.17. The summed E-state index contributed by atoms with van der Waals surface area (Å²) in [6.07, 6.45) is 3.24. The molecule has 0 radical (unpaired) electrons. The van der Waals surface area contributed by atoms with Crippen LogP contribution in [0.5, 0.6) is 0 Å². The Hall–Kier alpha value is -0.650. The lowest BCUT2D eigenvalue weighted by atomic mass is 10.1. The molecule has 118 valence electrons. The summed E-state index contributed by atoms with van der Waals surface area (Å²) in [6, 6.07) is 2.16. The lowest BCUT2D eigenvalue weighted by Gasteiger charge is -2.34. The van der Waals surface area contributed by atoms with E-state index in [-0.39, 0.29) is 5.54 Å². The van der Waals surface area contributed by atoms with Gasteiger partial charge in [0.15, 0.2) is 0 Å². The summed E-state index contributed by atoms with van der Waals surface area (Å²) in [7, 11) is 0. The molecule has 2 heterocycles. The smallest absolute Gasteiger partial charge is 0.133 e. The van der Waals surface area contributed by atoms with Crippen molar-refractivity contribution < 1.29 is 4.74 Å². The monoisotopic (exact) mass is 355 g/mol. The SMILES string of the molecule is CCC1CN(c2ncc(Br)cc2CNC(C)(C)C)CCO1. The zero-order chi connectivity index (χ0) is 15.5. The van der Waals surface area contributed by atoms with Crippen LogP contribution in [-0.4, -0.2) is 36.3 Å². The van der Waals surface area contributed by atoms with Crippen LogP contribution >= 0.6 is 15.9 Å². The Morgan fingerprint density at radius 2 is 2.24 bits per heavy atom. The van der Waals surface area contributed by atoms with Crippen LogP contribution < -0.4 is 10.2 Å². The van der Waals surface area contributed by atoms with Crippen LogP contribution in [0.1, 0.15) is 39.7 Å². The number of halogens is 1. The molecular weight excluding hydrogens is 330 g/mol. The van der Waals surface area contributed by atoms with Gasteiger partial charge in [-0.3, -0.25) is 0 Å². The predicted molar refractivity (Wildman–Crippen MR) is 90.8 cm³/mol.